The Morgan fingerprint density at radius 3 is 1.25 bits per heavy atom. The summed E-state index contributed by atoms with van der Waals surface area (Å²) in [6.07, 6.45) is 7.81. The Hall–Kier alpha value is -6.39. The predicted molar refractivity (Wildman–Crippen MR) is 294 cm³/mol. The van der Waals surface area contributed by atoms with Crippen molar-refractivity contribution in [3.05, 3.63) is 206 Å². The summed E-state index contributed by atoms with van der Waals surface area (Å²) in [7, 11) is 9.35. The van der Waals surface area contributed by atoms with E-state index in [-0.39, 0.29) is 41.9 Å². The van der Waals surface area contributed by atoms with Crippen molar-refractivity contribution in [3.8, 4) is 17.2 Å². The predicted octanol–water partition coefficient (Wildman–Crippen LogP) is 9.41. The van der Waals surface area contributed by atoms with Gasteiger partial charge in [-0.3, -0.25) is 19.2 Å². The average Bonchev–Trinajstić information content (AvgIpc) is 3.43. The van der Waals surface area contributed by atoms with Crippen molar-refractivity contribution in [2.75, 3.05) is 54.9 Å². The van der Waals surface area contributed by atoms with Crippen LogP contribution in [0.1, 0.15) is 79.2 Å². The Morgan fingerprint density at radius 2 is 0.947 bits per heavy atom. The van der Waals surface area contributed by atoms with Crippen molar-refractivity contribution in [2.45, 2.75) is 26.7 Å². The van der Waals surface area contributed by atoms with Crippen LogP contribution >= 0.6 is 50.7 Å². The van der Waals surface area contributed by atoms with Gasteiger partial charge in [-0.2, -0.15) is 6.42 Å². The van der Waals surface area contributed by atoms with Crippen LogP contribution in [-0.2, 0) is 9.57 Å². The molecule has 0 aliphatic heterocycles. The van der Waals surface area contributed by atoms with E-state index in [9.17, 15) is 19.2 Å². The molecule has 4 aromatic heterocycles. The largest absolute Gasteiger partial charge is 1.00 e. The Morgan fingerprint density at radius 1 is 0.587 bits per heavy atom. The van der Waals surface area contributed by atoms with Gasteiger partial charge in [0.25, 0.3) is 5.91 Å². The molecule has 21 heteroatoms. The van der Waals surface area contributed by atoms with E-state index < -0.39 is 5.97 Å². The number of amides is 1. The zero-order valence-corrected chi connectivity index (χ0v) is 47.0. The molecule has 7 aromatic rings. The van der Waals surface area contributed by atoms with E-state index in [1.165, 1.54) is 71.7 Å². The number of anilines is 1. The normalized spacial score (nSPS) is 9.35. The van der Waals surface area contributed by atoms with Crippen molar-refractivity contribution in [1.82, 2.24) is 25.0 Å². The monoisotopic (exact) mass is 1140 g/mol. The number of nitrogens with zero attached hydrogens (tertiary/aromatic N) is 5. The van der Waals surface area contributed by atoms with E-state index in [2.05, 4.69) is 54.5 Å². The number of hydrogen-bond donors (Lipinski definition) is 2. The third-order valence-corrected chi connectivity index (χ3v) is 10.3. The van der Waals surface area contributed by atoms with Crippen molar-refractivity contribution in [1.29, 1.82) is 0 Å². The van der Waals surface area contributed by atoms with Gasteiger partial charge in [0, 0.05) is 56.7 Å². The molecule has 1 amide bonds. The summed E-state index contributed by atoms with van der Waals surface area (Å²) in [6, 6.07) is 34.3. The average molecular weight is 1150 g/mol. The first-order valence-corrected chi connectivity index (χ1v) is 23.9. The van der Waals surface area contributed by atoms with Crippen LogP contribution in [0, 0.1) is 6.92 Å². The molecule has 4 heterocycles. The number of pyridine rings is 4. The first kappa shape index (κ1) is 68.6. The molecule has 0 radical (unpaired) electrons. The molecule has 0 spiro atoms. The van der Waals surface area contributed by atoms with Crippen molar-refractivity contribution in [2.24, 2.45) is 0 Å². The minimum Gasteiger partial charge on any atom is -0.496 e. The molecule has 0 saturated heterocycles. The standard InChI is InChI=1S/C13H10ClNO2.C13H12N2O2.C8H9ClN2O2.C7H7BrO.C6H4ClNO2.C4H9.C3H8O.Li/c2*1-17-11-5-3-2-4-10(11)13(16)9-6-7-12(14)15-8-9;1-11(13-2)8(12)6-3-4-7(9)10-5-6;1-9-7-5-3-2-4-6(7)8;7-5-2-1-4(3-8-5)6(9)10;2*1-3-4-2;/h2-8H,1H3;2-8H,1H3,(H2,14,15);3-5H,1-2H3;2-5H,1H3;1-3H,(H,9,10);1,3-4H2,2H3;3H2,1-2H3;/q;;;;;-1;;+1. The number of carbonyl (C=O) groups is 4. The van der Waals surface area contributed by atoms with Crippen LogP contribution in [0.4, 0.5) is 5.82 Å². The Labute approximate surface area is 474 Å². The number of para-hydroxylation sites is 3. The minimum absolute atomic E-state index is 0. The molecule has 3 N–H and O–H groups in total. The molecule has 0 fully saturated rings. The number of benzene rings is 3. The number of methoxy groups -OCH3 is 4. The number of ketones is 2. The quantitative estimate of drug-likeness (QED) is 0.0383. The number of hydroxylamine groups is 2. The topological polar surface area (TPSA) is 215 Å². The zero-order valence-electron chi connectivity index (χ0n) is 43.1. The number of nitrogen functional groups attached to an aromatic ring is 1. The first-order chi connectivity index (χ1) is 35.5. The van der Waals surface area contributed by atoms with Crippen LogP contribution in [0.15, 0.2) is 151 Å². The van der Waals surface area contributed by atoms with E-state index in [1.807, 2.05) is 43.3 Å². The van der Waals surface area contributed by atoms with Gasteiger partial charge in [0.1, 0.15) is 38.5 Å². The van der Waals surface area contributed by atoms with Gasteiger partial charge in [0.15, 0.2) is 11.6 Å². The molecule has 0 bridgehead atoms. The van der Waals surface area contributed by atoms with Gasteiger partial charge in [-0.05, 0) is 108 Å². The summed E-state index contributed by atoms with van der Waals surface area (Å²) < 4.78 is 20.8. The molecular weight excluding hydrogens is 1090 g/mol. The number of rotatable bonds is 12. The van der Waals surface area contributed by atoms with Crippen molar-refractivity contribution >= 4 is 80.0 Å². The maximum Gasteiger partial charge on any atom is 1.00 e. The van der Waals surface area contributed by atoms with Gasteiger partial charge in [-0.15, -0.1) is 0 Å². The Kier molecular flexibility index (Phi) is 36.6. The summed E-state index contributed by atoms with van der Waals surface area (Å²) in [4.78, 5) is 65.9. The Balaban J connectivity index is 0.000000892. The van der Waals surface area contributed by atoms with Gasteiger partial charge in [0.2, 0.25) is 0 Å². The molecule has 16 nitrogen and oxygen atoms in total. The van der Waals surface area contributed by atoms with Crippen LogP contribution in [-0.4, -0.2) is 103 Å². The summed E-state index contributed by atoms with van der Waals surface area (Å²) in [5.41, 5.74) is 8.06. The van der Waals surface area contributed by atoms with Crippen molar-refractivity contribution < 1.29 is 66.9 Å². The summed E-state index contributed by atoms with van der Waals surface area (Å²) in [5.74, 6) is 0.846. The number of nitrogens with two attached hydrogens (primary N) is 1. The zero-order chi connectivity index (χ0) is 55.4. The van der Waals surface area contributed by atoms with Crippen LogP contribution in [0.25, 0.3) is 0 Å². The molecule has 0 saturated carbocycles. The van der Waals surface area contributed by atoms with Gasteiger partial charge in [-0.25, -0.2) is 29.8 Å². The number of carboxylic acid groups (broad SMARTS) is 1. The molecule has 3 aromatic carbocycles. The SMILES string of the molecule is CCOC.CON(C)C(=O)c1ccc(Cl)nc1.COc1ccccc1Br.COc1ccccc1C(=O)c1ccc(Cl)nc1.COc1ccccc1C(=O)c1ccc(N)nc1.O=C(O)c1ccc(Cl)nc1.[CH2-]CCC.[Li+]. The summed E-state index contributed by atoms with van der Waals surface area (Å²) in [6.45, 7) is 8.50. The summed E-state index contributed by atoms with van der Waals surface area (Å²) >= 11 is 20.0. The number of aromatic nitrogens is 4. The Bertz CT molecular complexity index is 2620. The maximum atomic E-state index is 12.2. The van der Waals surface area contributed by atoms with Crippen molar-refractivity contribution in [3.63, 3.8) is 0 Å². The number of carboxylic acids is 1. The van der Waals surface area contributed by atoms with Gasteiger partial charge >= 0.3 is 24.8 Å². The van der Waals surface area contributed by atoms with E-state index in [0.29, 0.717) is 60.6 Å². The van der Waals surface area contributed by atoms with Crippen LogP contribution in [0.5, 0.6) is 17.2 Å². The number of carbonyl (C=O) groups excluding carboxylic acids is 3. The molecule has 0 unspecified atom stereocenters. The van der Waals surface area contributed by atoms with Crippen LogP contribution < -0.4 is 38.8 Å². The number of ether oxygens (including phenoxy) is 4. The molecule has 0 aliphatic rings. The van der Waals surface area contributed by atoms with E-state index in [4.69, 9.17) is 64.7 Å². The second-order valence-electron chi connectivity index (χ2n) is 14.0. The number of hydrogen-bond acceptors (Lipinski definition) is 14. The minimum atomic E-state index is -0.996. The summed E-state index contributed by atoms with van der Waals surface area (Å²) in [5, 5.41) is 10.5. The number of halogens is 4. The number of aromatic carboxylic acids is 1. The molecule has 394 valence electrons. The van der Waals surface area contributed by atoms with Crippen LogP contribution in [0.2, 0.25) is 15.5 Å². The molecular formula is C54H59BrCl3LiN6O10. The molecule has 0 atom stereocenters. The van der Waals surface area contributed by atoms with Crippen LogP contribution in [0.3, 0.4) is 0 Å². The second kappa shape index (κ2) is 40.0. The maximum absolute atomic E-state index is 12.2. The second-order valence-corrected chi connectivity index (χ2v) is 16.0. The fraction of sp³-hybridized carbons (Fsp3) is 0.204. The van der Waals surface area contributed by atoms with E-state index in [0.717, 1.165) is 28.3 Å². The van der Waals surface area contributed by atoms with E-state index in [1.54, 1.807) is 87.0 Å². The molecule has 0 aliphatic carbocycles. The fourth-order valence-electron chi connectivity index (χ4n) is 4.90. The number of unbranched alkanes of at least 4 members (excludes halogenated alkanes) is 1. The smallest absolute Gasteiger partial charge is 0.496 e. The molecule has 75 heavy (non-hydrogen) atoms. The van der Waals surface area contributed by atoms with Gasteiger partial charge in [-0.1, -0.05) is 84.5 Å². The van der Waals surface area contributed by atoms with Gasteiger partial charge in [0.05, 0.1) is 55.2 Å². The van der Waals surface area contributed by atoms with Gasteiger partial charge < -0.3 is 36.7 Å². The fourth-order valence-corrected chi connectivity index (χ4v) is 5.69. The molecule has 7 rings (SSSR count). The third-order valence-electron chi connectivity index (χ3n) is 8.95. The third kappa shape index (κ3) is 26.6. The first-order valence-electron chi connectivity index (χ1n) is 22.0. The van der Waals surface area contributed by atoms with E-state index >= 15 is 0 Å².